The summed E-state index contributed by atoms with van der Waals surface area (Å²) in [4.78, 5) is 34.1. The van der Waals surface area contributed by atoms with E-state index in [0.717, 1.165) is 15.7 Å². The zero-order valence-corrected chi connectivity index (χ0v) is 23.9. The van der Waals surface area contributed by atoms with Crippen molar-refractivity contribution >= 4 is 45.0 Å². The van der Waals surface area contributed by atoms with Crippen LogP contribution in [0, 0.1) is 0 Å². The molecule has 194 valence electrons. The molecule has 37 heavy (non-hydrogen) atoms. The van der Waals surface area contributed by atoms with E-state index < -0.39 is 12.0 Å². The second-order valence-electron chi connectivity index (χ2n) is 8.52. The molecule has 0 bridgehead atoms. The highest BCUT2D eigenvalue weighted by Crippen LogP contribution is 2.37. The van der Waals surface area contributed by atoms with Crippen LogP contribution in [0.4, 0.5) is 5.69 Å². The number of methoxy groups -OCH3 is 2. The van der Waals surface area contributed by atoms with Crippen molar-refractivity contribution in [3.63, 3.8) is 0 Å². The Hall–Kier alpha value is -3.37. The molecule has 8 nitrogen and oxygen atoms in total. The molecule has 1 aliphatic rings. The van der Waals surface area contributed by atoms with E-state index in [1.54, 1.807) is 46.3 Å². The van der Waals surface area contributed by atoms with Gasteiger partial charge in [0.1, 0.15) is 17.5 Å². The highest BCUT2D eigenvalue weighted by molar-refractivity contribution is 9.10. The monoisotopic (exact) mass is 585 g/mol. The van der Waals surface area contributed by atoms with Crippen molar-refractivity contribution in [3.05, 3.63) is 83.0 Å². The lowest BCUT2D eigenvalue weighted by atomic mass is 9.94. The van der Waals surface area contributed by atoms with Gasteiger partial charge in [-0.15, -0.1) is 0 Å². The Morgan fingerprint density at radius 3 is 2.57 bits per heavy atom. The molecule has 0 N–H and O–H groups in total. The molecule has 1 aromatic heterocycles. The summed E-state index contributed by atoms with van der Waals surface area (Å²) in [6.45, 7) is 3.68. The SMILES string of the molecule is CCOC(=O)C1=C(C)N=c2s/c(=C/c3ccc(N(C)C)c(Br)c3)c(=O)n2[C@H]1c1cc(OC)ccc1OC. The molecule has 0 unspecified atom stereocenters. The molecule has 0 amide bonds. The van der Waals surface area contributed by atoms with Crippen molar-refractivity contribution in [3.8, 4) is 11.5 Å². The van der Waals surface area contributed by atoms with Gasteiger partial charge in [-0.1, -0.05) is 17.4 Å². The number of benzene rings is 2. The predicted molar refractivity (Wildman–Crippen MR) is 148 cm³/mol. The number of esters is 1. The van der Waals surface area contributed by atoms with E-state index in [4.69, 9.17) is 14.2 Å². The Balaban J connectivity index is 1.98. The van der Waals surface area contributed by atoms with Crippen LogP contribution < -0.4 is 29.3 Å². The Morgan fingerprint density at radius 1 is 1.19 bits per heavy atom. The third-order valence-corrected chi connectivity index (χ3v) is 7.62. The van der Waals surface area contributed by atoms with Crippen LogP contribution in [0.5, 0.6) is 11.5 Å². The maximum Gasteiger partial charge on any atom is 0.338 e. The summed E-state index contributed by atoms with van der Waals surface area (Å²) in [6.07, 6.45) is 1.83. The van der Waals surface area contributed by atoms with Gasteiger partial charge in [-0.25, -0.2) is 9.79 Å². The predicted octanol–water partition coefficient (Wildman–Crippen LogP) is 3.64. The minimum Gasteiger partial charge on any atom is -0.497 e. The first-order chi connectivity index (χ1) is 17.7. The lowest BCUT2D eigenvalue weighted by Gasteiger charge is -2.26. The molecular weight excluding hydrogens is 558 g/mol. The topological polar surface area (TPSA) is 82.4 Å². The van der Waals surface area contributed by atoms with E-state index in [-0.39, 0.29) is 17.7 Å². The van der Waals surface area contributed by atoms with Crippen LogP contribution in [0.25, 0.3) is 6.08 Å². The van der Waals surface area contributed by atoms with Crippen molar-refractivity contribution in [2.24, 2.45) is 4.99 Å². The van der Waals surface area contributed by atoms with Crippen molar-refractivity contribution in [1.29, 1.82) is 0 Å². The van der Waals surface area contributed by atoms with Gasteiger partial charge in [0.15, 0.2) is 4.80 Å². The number of anilines is 1. The highest BCUT2D eigenvalue weighted by Gasteiger charge is 2.35. The summed E-state index contributed by atoms with van der Waals surface area (Å²) in [5.74, 6) is 0.554. The summed E-state index contributed by atoms with van der Waals surface area (Å²) >= 11 is 4.88. The van der Waals surface area contributed by atoms with Gasteiger partial charge in [0, 0.05) is 24.1 Å². The van der Waals surface area contributed by atoms with E-state index in [1.807, 2.05) is 43.3 Å². The number of nitrogens with zero attached hydrogens (tertiary/aromatic N) is 3. The molecule has 1 atom stereocenters. The van der Waals surface area contributed by atoms with Crippen LogP contribution >= 0.6 is 27.3 Å². The summed E-state index contributed by atoms with van der Waals surface area (Å²) in [5, 5.41) is 0. The molecule has 0 saturated heterocycles. The van der Waals surface area contributed by atoms with Crippen molar-refractivity contribution in [2.45, 2.75) is 19.9 Å². The molecule has 0 saturated carbocycles. The molecular formula is C27H28BrN3O5S. The summed E-state index contributed by atoms with van der Waals surface area (Å²) in [7, 11) is 7.04. The van der Waals surface area contributed by atoms with Gasteiger partial charge in [-0.3, -0.25) is 9.36 Å². The molecule has 0 spiro atoms. The Morgan fingerprint density at radius 2 is 1.95 bits per heavy atom. The number of aromatic nitrogens is 1. The Labute approximate surface area is 227 Å². The van der Waals surface area contributed by atoms with Gasteiger partial charge in [-0.2, -0.15) is 0 Å². The quantitative estimate of drug-likeness (QED) is 0.394. The van der Waals surface area contributed by atoms with Gasteiger partial charge in [0.05, 0.1) is 42.3 Å². The molecule has 10 heteroatoms. The molecule has 2 aromatic carbocycles. The van der Waals surface area contributed by atoms with Crippen molar-refractivity contribution in [2.75, 3.05) is 39.8 Å². The van der Waals surface area contributed by atoms with Gasteiger partial charge in [0.2, 0.25) is 0 Å². The standard InChI is InChI=1S/C27H28BrN3O5S/c1-7-36-26(33)23-15(2)29-27-31(24(23)18-14-17(34-5)9-11-21(18)35-6)25(32)22(37-27)13-16-8-10-20(30(3)4)19(28)12-16/h8-14,24H,7H2,1-6H3/b22-13+/t24-/m0/s1. The smallest absolute Gasteiger partial charge is 0.338 e. The van der Waals surface area contributed by atoms with Crippen LogP contribution in [0.3, 0.4) is 0 Å². The molecule has 1 aliphatic heterocycles. The maximum atomic E-state index is 13.9. The zero-order valence-electron chi connectivity index (χ0n) is 21.5. The number of halogens is 1. The first-order valence-corrected chi connectivity index (χ1v) is 13.2. The second kappa shape index (κ2) is 10.9. The summed E-state index contributed by atoms with van der Waals surface area (Å²) in [6, 6.07) is 10.4. The van der Waals surface area contributed by atoms with Crippen LogP contribution in [0.1, 0.15) is 31.0 Å². The van der Waals surface area contributed by atoms with Gasteiger partial charge in [0.25, 0.3) is 5.56 Å². The average molecular weight is 587 g/mol. The second-order valence-corrected chi connectivity index (χ2v) is 10.4. The lowest BCUT2D eigenvalue weighted by molar-refractivity contribution is -0.139. The number of rotatable bonds is 7. The number of allylic oxidation sites excluding steroid dienone is 1. The van der Waals surface area contributed by atoms with E-state index >= 15 is 0 Å². The van der Waals surface area contributed by atoms with Crippen LogP contribution in [-0.4, -0.2) is 45.5 Å². The summed E-state index contributed by atoms with van der Waals surface area (Å²) in [5.41, 5.74) is 2.99. The minimum atomic E-state index is -0.801. The van der Waals surface area contributed by atoms with E-state index in [2.05, 4.69) is 20.9 Å². The van der Waals surface area contributed by atoms with Crippen LogP contribution in [0.15, 0.2) is 61.9 Å². The van der Waals surface area contributed by atoms with Gasteiger partial charge < -0.3 is 19.1 Å². The third-order valence-electron chi connectivity index (χ3n) is 6.00. The van der Waals surface area contributed by atoms with Crippen molar-refractivity contribution < 1.29 is 19.0 Å². The van der Waals surface area contributed by atoms with E-state index in [9.17, 15) is 9.59 Å². The Bertz CT molecular complexity index is 1570. The molecule has 0 fully saturated rings. The zero-order chi connectivity index (χ0) is 26.9. The number of hydrogen-bond donors (Lipinski definition) is 0. The average Bonchev–Trinajstić information content (AvgIpc) is 3.16. The number of hydrogen-bond acceptors (Lipinski definition) is 8. The molecule has 2 heterocycles. The first-order valence-electron chi connectivity index (χ1n) is 11.6. The number of carbonyl (C=O) groups excluding carboxylic acids is 1. The highest BCUT2D eigenvalue weighted by atomic mass is 79.9. The number of thiazole rings is 1. The third kappa shape index (κ3) is 5.08. The largest absolute Gasteiger partial charge is 0.497 e. The maximum absolute atomic E-state index is 13.9. The first kappa shape index (κ1) is 26.7. The van der Waals surface area contributed by atoms with Gasteiger partial charge in [-0.05, 0) is 71.7 Å². The molecule has 4 rings (SSSR count). The van der Waals surface area contributed by atoms with Crippen LogP contribution in [-0.2, 0) is 9.53 Å². The fourth-order valence-electron chi connectivity index (χ4n) is 4.27. The van der Waals surface area contributed by atoms with Crippen molar-refractivity contribution in [1.82, 2.24) is 4.57 Å². The fraction of sp³-hybridized carbons (Fsp3) is 0.296. The lowest BCUT2D eigenvalue weighted by Crippen LogP contribution is -2.40. The van der Waals surface area contributed by atoms with E-state index in [0.29, 0.717) is 32.1 Å². The van der Waals surface area contributed by atoms with E-state index in [1.165, 1.54) is 15.9 Å². The van der Waals surface area contributed by atoms with Crippen LogP contribution in [0.2, 0.25) is 0 Å². The molecule has 0 aliphatic carbocycles. The molecule has 3 aromatic rings. The normalized spacial score (nSPS) is 15.2. The van der Waals surface area contributed by atoms with Gasteiger partial charge >= 0.3 is 5.97 Å². The number of ether oxygens (including phenoxy) is 3. The Kier molecular flexibility index (Phi) is 7.89. The minimum absolute atomic E-state index is 0.194. The number of carbonyl (C=O) groups is 1. The molecule has 0 radical (unpaired) electrons. The summed E-state index contributed by atoms with van der Waals surface area (Å²) < 4.78 is 19.4. The fourth-order valence-corrected chi connectivity index (χ4v) is 6.06. The number of fused-ring (bicyclic) bond motifs is 1.